The van der Waals surface area contributed by atoms with E-state index in [4.69, 9.17) is 11.6 Å². The summed E-state index contributed by atoms with van der Waals surface area (Å²) in [5, 5.41) is 2.78. The van der Waals surface area contributed by atoms with Crippen molar-refractivity contribution in [3.8, 4) is 0 Å². The predicted molar refractivity (Wildman–Crippen MR) is 92.9 cm³/mol. The van der Waals surface area contributed by atoms with Gasteiger partial charge in [-0.3, -0.25) is 4.79 Å². The standard InChI is InChI=1S/C14H22ClN5O3S/c1-2-24(22,23)18-7-6-16-13(21)12-11(15)10-17-14(19-12)20-8-4-3-5-9-20/h10,18H,2-9H2,1H3,(H,16,21). The minimum Gasteiger partial charge on any atom is -0.349 e. The Hall–Kier alpha value is -1.45. The van der Waals surface area contributed by atoms with E-state index in [2.05, 4.69) is 20.0 Å². The van der Waals surface area contributed by atoms with Gasteiger partial charge in [0.1, 0.15) is 0 Å². The zero-order valence-electron chi connectivity index (χ0n) is 13.6. The van der Waals surface area contributed by atoms with Crippen molar-refractivity contribution >= 4 is 33.5 Å². The van der Waals surface area contributed by atoms with Crippen LogP contribution in [0.4, 0.5) is 5.95 Å². The summed E-state index contributed by atoms with van der Waals surface area (Å²) in [7, 11) is -3.27. The number of piperidine rings is 1. The number of carbonyl (C=O) groups excluding carboxylic acids is 1. The molecule has 0 bridgehead atoms. The molecule has 24 heavy (non-hydrogen) atoms. The Morgan fingerprint density at radius 1 is 1.29 bits per heavy atom. The van der Waals surface area contributed by atoms with Gasteiger partial charge in [0.25, 0.3) is 5.91 Å². The van der Waals surface area contributed by atoms with Gasteiger partial charge >= 0.3 is 0 Å². The third-order valence-corrected chi connectivity index (χ3v) is 5.38. The molecule has 2 N–H and O–H groups in total. The Morgan fingerprint density at radius 2 is 2.00 bits per heavy atom. The van der Waals surface area contributed by atoms with Crippen LogP contribution in [0.25, 0.3) is 0 Å². The molecular formula is C14H22ClN5O3S. The van der Waals surface area contributed by atoms with Gasteiger partial charge in [-0.05, 0) is 26.2 Å². The summed E-state index contributed by atoms with van der Waals surface area (Å²) in [5.41, 5.74) is 0.102. The number of halogens is 1. The Morgan fingerprint density at radius 3 is 2.67 bits per heavy atom. The van der Waals surface area contributed by atoms with E-state index in [-0.39, 0.29) is 29.6 Å². The van der Waals surface area contributed by atoms with Gasteiger partial charge < -0.3 is 10.2 Å². The molecule has 0 atom stereocenters. The van der Waals surface area contributed by atoms with E-state index in [1.165, 1.54) is 12.6 Å². The van der Waals surface area contributed by atoms with Crippen molar-refractivity contribution in [3.63, 3.8) is 0 Å². The second-order valence-corrected chi connectivity index (χ2v) is 7.97. The number of sulfonamides is 1. The maximum atomic E-state index is 12.2. The average Bonchev–Trinajstić information content (AvgIpc) is 2.60. The highest BCUT2D eigenvalue weighted by Crippen LogP contribution is 2.19. The van der Waals surface area contributed by atoms with Crippen molar-refractivity contribution in [1.29, 1.82) is 0 Å². The fourth-order valence-corrected chi connectivity index (χ4v) is 3.13. The molecule has 1 aliphatic rings. The molecule has 1 aromatic rings. The van der Waals surface area contributed by atoms with Crippen LogP contribution >= 0.6 is 11.6 Å². The van der Waals surface area contributed by atoms with Crippen LogP contribution in [0.1, 0.15) is 36.7 Å². The number of hydrogen-bond acceptors (Lipinski definition) is 6. The van der Waals surface area contributed by atoms with Crippen LogP contribution in [-0.2, 0) is 10.0 Å². The molecule has 0 aliphatic carbocycles. The maximum absolute atomic E-state index is 12.2. The number of aromatic nitrogens is 2. The van der Waals surface area contributed by atoms with Gasteiger partial charge in [0.05, 0.1) is 17.0 Å². The van der Waals surface area contributed by atoms with Crippen molar-refractivity contribution in [1.82, 2.24) is 20.0 Å². The molecule has 1 aliphatic heterocycles. The number of amides is 1. The fourth-order valence-electron chi connectivity index (χ4n) is 2.33. The Balaban J connectivity index is 1.95. The lowest BCUT2D eigenvalue weighted by molar-refractivity contribution is 0.0949. The first kappa shape index (κ1) is 18.9. The van der Waals surface area contributed by atoms with Crippen LogP contribution in [0.15, 0.2) is 6.20 Å². The quantitative estimate of drug-likeness (QED) is 0.683. The highest BCUT2D eigenvalue weighted by atomic mass is 35.5. The summed E-state index contributed by atoms with van der Waals surface area (Å²) in [6.45, 7) is 3.54. The van der Waals surface area contributed by atoms with Crippen molar-refractivity contribution in [2.75, 3.05) is 36.8 Å². The summed E-state index contributed by atoms with van der Waals surface area (Å²) >= 11 is 6.02. The molecule has 10 heteroatoms. The van der Waals surface area contributed by atoms with Gasteiger partial charge in [0, 0.05) is 26.2 Å². The van der Waals surface area contributed by atoms with Gasteiger partial charge in [-0.15, -0.1) is 0 Å². The molecule has 134 valence electrons. The number of anilines is 1. The third kappa shape index (κ3) is 5.29. The largest absolute Gasteiger partial charge is 0.349 e. The second-order valence-electron chi connectivity index (χ2n) is 5.47. The Labute approximate surface area is 147 Å². The number of carbonyl (C=O) groups is 1. The minimum absolute atomic E-state index is 0.00210. The van der Waals surface area contributed by atoms with E-state index in [1.807, 2.05) is 4.90 Å². The summed E-state index contributed by atoms with van der Waals surface area (Å²) in [4.78, 5) is 22.7. The zero-order valence-corrected chi connectivity index (χ0v) is 15.2. The Bertz CT molecular complexity index is 677. The van der Waals surface area contributed by atoms with Crippen molar-refractivity contribution in [3.05, 3.63) is 16.9 Å². The fraction of sp³-hybridized carbons (Fsp3) is 0.643. The molecule has 0 unspecified atom stereocenters. The van der Waals surface area contributed by atoms with Crippen molar-refractivity contribution in [2.24, 2.45) is 0 Å². The van der Waals surface area contributed by atoms with Gasteiger partial charge in [0.2, 0.25) is 16.0 Å². The predicted octanol–water partition coefficient (Wildman–Crippen LogP) is 0.789. The summed E-state index contributed by atoms with van der Waals surface area (Å²) in [5.74, 6) is 0.0463. The molecule has 1 saturated heterocycles. The van der Waals surface area contributed by atoms with Crippen molar-refractivity contribution < 1.29 is 13.2 Å². The second kappa shape index (κ2) is 8.59. The minimum atomic E-state index is -3.27. The summed E-state index contributed by atoms with van der Waals surface area (Å²) in [6.07, 6.45) is 4.76. The number of rotatable bonds is 7. The lowest BCUT2D eigenvalue weighted by Gasteiger charge is -2.26. The normalized spacial score (nSPS) is 15.3. The van der Waals surface area contributed by atoms with Gasteiger partial charge in [-0.25, -0.2) is 23.1 Å². The monoisotopic (exact) mass is 375 g/mol. The van der Waals surface area contributed by atoms with Crippen LogP contribution in [0.3, 0.4) is 0 Å². The molecule has 0 spiro atoms. The highest BCUT2D eigenvalue weighted by molar-refractivity contribution is 7.89. The van der Waals surface area contributed by atoms with Gasteiger partial charge in [0.15, 0.2) is 5.69 Å². The van der Waals surface area contributed by atoms with E-state index in [0.717, 1.165) is 25.9 Å². The molecule has 1 aromatic heterocycles. The lowest BCUT2D eigenvalue weighted by atomic mass is 10.1. The first-order valence-electron chi connectivity index (χ1n) is 7.96. The number of nitrogens with one attached hydrogen (secondary N) is 2. The summed E-state index contributed by atoms with van der Waals surface area (Å²) < 4.78 is 25.0. The smallest absolute Gasteiger partial charge is 0.271 e. The van der Waals surface area contributed by atoms with Crippen LogP contribution in [0, 0.1) is 0 Å². The van der Waals surface area contributed by atoms with Crippen LogP contribution in [0.5, 0.6) is 0 Å². The third-order valence-electron chi connectivity index (χ3n) is 3.70. The highest BCUT2D eigenvalue weighted by Gasteiger charge is 2.18. The van der Waals surface area contributed by atoms with E-state index >= 15 is 0 Å². The molecule has 2 rings (SSSR count). The molecule has 1 fully saturated rings. The summed E-state index contributed by atoms with van der Waals surface area (Å²) in [6, 6.07) is 0. The molecule has 0 saturated carbocycles. The molecule has 0 radical (unpaired) electrons. The van der Waals surface area contributed by atoms with E-state index in [1.54, 1.807) is 6.92 Å². The molecule has 8 nitrogen and oxygen atoms in total. The number of hydrogen-bond donors (Lipinski definition) is 2. The molecular weight excluding hydrogens is 354 g/mol. The van der Waals surface area contributed by atoms with E-state index in [9.17, 15) is 13.2 Å². The molecule has 0 aromatic carbocycles. The lowest BCUT2D eigenvalue weighted by Crippen LogP contribution is -2.36. The molecule has 1 amide bonds. The van der Waals surface area contributed by atoms with Crippen LogP contribution in [0.2, 0.25) is 5.02 Å². The SMILES string of the molecule is CCS(=O)(=O)NCCNC(=O)c1nc(N2CCCCC2)ncc1Cl. The van der Waals surface area contributed by atoms with E-state index < -0.39 is 15.9 Å². The first-order chi connectivity index (χ1) is 11.4. The topological polar surface area (TPSA) is 104 Å². The zero-order chi connectivity index (χ0) is 17.6. The average molecular weight is 376 g/mol. The maximum Gasteiger partial charge on any atom is 0.271 e. The Kier molecular flexibility index (Phi) is 6.76. The van der Waals surface area contributed by atoms with Crippen LogP contribution < -0.4 is 14.9 Å². The molecule has 2 heterocycles. The first-order valence-corrected chi connectivity index (χ1v) is 9.99. The van der Waals surface area contributed by atoms with Crippen molar-refractivity contribution in [2.45, 2.75) is 26.2 Å². The van der Waals surface area contributed by atoms with Gasteiger partial charge in [-0.2, -0.15) is 0 Å². The van der Waals surface area contributed by atoms with Gasteiger partial charge in [-0.1, -0.05) is 11.6 Å². The van der Waals surface area contributed by atoms with E-state index in [0.29, 0.717) is 5.95 Å². The number of nitrogens with zero attached hydrogens (tertiary/aromatic N) is 3. The van der Waals surface area contributed by atoms with Crippen LogP contribution in [-0.4, -0.2) is 56.2 Å².